The molecule has 58 valence electrons. The Morgan fingerprint density at radius 2 is 2.50 bits per heavy atom. The van der Waals surface area contributed by atoms with Crippen LogP contribution in [0, 0.1) is 0 Å². The lowest BCUT2D eigenvalue weighted by atomic mass is 10.4. The standard InChI is InChI=1S/C7H11ClO2/c1-3-4-5-10-7(9)6(2)8/h3,6H,1,4-5H2,2H3. The zero-order chi connectivity index (χ0) is 7.98. The summed E-state index contributed by atoms with van der Waals surface area (Å²) in [5.74, 6) is -0.372. The van der Waals surface area contributed by atoms with Gasteiger partial charge < -0.3 is 4.74 Å². The van der Waals surface area contributed by atoms with Gasteiger partial charge in [0, 0.05) is 0 Å². The first kappa shape index (κ1) is 9.50. The van der Waals surface area contributed by atoms with Gasteiger partial charge in [0.15, 0.2) is 0 Å². The van der Waals surface area contributed by atoms with Crippen LogP contribution >= 0.6 is 11.6 Å². The lowest BCUT2D eigenvalue weighted by Gasteiger charge is -2.02. The molecule has 0 saturated heterocycles. The van der Waals surface area contributed by atoms with Gasteiger partial charge >= 0.3 is 5.97 Å². The molecule has 10 heavy (non-hydrogen) atoms. The molecular formula is C7H11ClO2. The highest BCUT2D eigenvalue weighted by atomic mass is 35.5. The molecule has 0 saturated carbocycles. The van der Waals surface area contributed by atoms with Crippen molar-refractivity contribution in [1.82, 2.24) is 0 Å². The SMILES string of the molecule is C=CCCOC(=O)C(C)Cl. The fraction of sp³-hybridized carbons (Fsp3) is 0.571. The number of alkyl halides is 1. The molecule has 0 aromatic rings. The molecule has 0 aromatic carbocycles. The fourth-order valence-corrected chi connectivity index (χ4v) is 0.421. The van der Waals surface area contributed by atoms with E-state index >= 15 is 0 Å². The summed E-state index contributed by atoms with van der Waals surface area (Å²) >= 11 is 5.41. The molecule has 0 aliphatic carbocycles. The van der Waals surface area contributed by atoms with Crippen molar-refractivity contribution in [3.63, 3.8) is 0 Å². The van der Waals surface area contributed by atoms with Gasteiger partial charge in [0.1, 0.15) is 5.38 Å². The Morgan fingerprint density at radius 1 is 1.90 bits per heavy atom. The van der Waals surface area contributed by atoms with Crippen LogP contribution in [0.3, 0.4) is 0 Å². The van der Waals surface area contributed by atoms with Gasteiger partial charge in [-0.25, -0.2) is 0 Å². The molecule has 0 heterocycles. The predicted octanol–water partition coefficient (Wildman–Crippen LogP) is 1.73. The van der Waals surface area contributed by atoms with E-state index in [9.17, 15) is 4.79 Å². The van der Waals surface area contributed by atoms with Crippen LogP contribution in [-0.2, 0) is 9.53 Å². The Balaban J connectivity index is 3.30. The zero-order valence-corrected chi connectivity index (χ0v) is 6.73. The van der Waals surface area contributed by atoms with Gasteiger partial charge in [-0.15, -0.1) is 18.2 Å². The van der Waals surface area contributed by atoms with Crippen molar-refractivity contribution >= 4 is 17.6 Å². The molecule has 0 bridgehead atoms. The summed E-state index contributed by atoms with van der Waals surface area (Å²) in [6.45, 7) is 5.43. The Morgan fingerprint density at radius 3 is 2.90 bits per heavy atom. The zero-order valence-electron chi connectivity index (χ0n) is 5.97. The van der Waals surface area contributed by atoms with Crippen molar-refractivity contribution in [2.24, 2.45) is 0 Å². The van der Waals surface area contributed by atoms with Crippen LogP contribution in [0.5, 0.6) is 0 Å². The average molecular weight is 163 g/mol. The second kappa shape index (κ2) is 5.30. The Labute approximate surface area is 65.8 Å². The minimum atomic E-state index is -0.551. The summed E-state index contributed by atoms with van der Waals surface area (Å²) < 4.78 is 4.70. The predicted molar refractivity (Wildman–Crippen MR) is 41.1 cm³/mol. The van der Waals surface area contributed by atoms with Gasteiger partial charge in [-0.3, -0.25) is 4.79 Å². The van der Waals surface area contributed by atoms with Gasteiger partial charge in [-0.05, 0) is 13.3 Å². The topological polar surface area (TPSA) is 26.3 Å². The number of hydrogen-bond donors (Lipinski definition) is 0. The summed E-state index contributed by atoms with van der Waals surface area (Å²) in [4.78, 5) is 10.6. The van der Waals surface area contributed by atoms with E-state index in [0.29, 0.717) is 13.0 Å². The van der Waals surface area contributed by atoms with Crippen LogP contribution in [0.2, 0.25) is 0 Å². The Bertz CT molecular complexity index is 121. The van der Waals surface area contributed by atoms with Crippen molar-refractivity contribution in [2.75, 3.05) is 6.61 Å². The molecule has 2 nitrogen and oxygen atoms in total. The van der Waals surface area contributed by atoms with Crippen molar-refractivity contribution in [3.05, 3.63) is 12.7 Å². The highest BCUT2D eigenvalue weighted by Gasteiger charge is 2.08. The van der Waals surface area contributed by atoms with Crippen LogP contribution < -0.4 is 0 Å². The molecule has 0 aliphatic heterocycles. The summed E-state index contributed by atoms with van der Waals surface area (Å²) in [5.41, 5.74) is 0. The Hall–Kier alpha value is -0.500. The smallest absolute Gasteiger partial charge is 0.323 e. The monoisotopic (exact) mass is 162 g/mol. The Kier molecular flexibility index (Phi) is 5.03. The fourth-order valence-electron chi connectivity index (χ4n) is 0.358. The minimum absolute atomic E-state index is 0.372. The summed E-state index contributed by atoms with van der Waals surface area (Å²) in [5, 5.41) is -0.551. The van der Waals surface area contributed by atoms with Gasteiger partial charge in [-0.2, -0.15) is 0 Å². The quantitative estimate of drug-likeness (QED) is 0.272. The maximum atomic E-state index is 10.6. The molecule has 1 unspecified atom stereocenters. The first-order valence-corrected chi connectivity index (χ1v) is 3.53. The number of ether oxygens (including phenoxy) is 1. The number of rotatable bonds is 4. The molecule has 0 N–H and O–H groups in total. The van der Waals surface area contributed by atoms with E-state index < -0.39 is 5.38 Å². The van der Waals surface area contributed by atoms with Crippen LogP contribution in [0.4, 0.5) is 0 Å². The van der Waals surface area contributed by atoms with E-state index in [-0.39, 0.29) is 5.97 Å². The number of halogens is 1. The van der Waals surface area contributed by atoms with Crippen molar-refractivity contribution < 1.29 is 9.53 Å². The van der Waals surface area contributed by atoms with Crippen LogP contribution in [-0.4, -0.2) is 18.0 Å². The van der Waals surface area contributed by atoms with Crippen molar-refractivity contribution in [1.29, 1.82) is 0 Å². The molecule has 3 heteroatoms. The van der Waals surface area contributed by atoms with Crippen molar-refractivity contribution in [3.8, 4) is 0 Å². The van der Waals surface area contributed by atoms with E-state index in [1.165, 1.54) is 0 Å². The van der Waals surface area contributed by atoms with E-state index in [2.05, 4.69) is 6.58 Å². The highest BCUT2D eigenvalue weighted by Crippen LogP contribution is 1.97. The first-order chi connectivity index (χ1) is 4.68. The molecule has 1 atom stereocenters. The number of hydrogen-bond acceptors (Lipinski definition) is 2. The van der Waals surface area contributed by atoms with Gasteiger partial charge in [-0.1, -0.05) is 6.08 Å². The van der Waals surface area contributed by atoms with E-state index in [0.717, 1.165) is 0 Å². The van der Waals surface area contributed by atoms with Gasteiger partial charge in [0.25, 0.3) is 0 Å². The molecular weight excluding hydrogens is 152 g/mol. The van der Waals surface area contributed by atoms with Crippen LogP contribution in [0.25, 0.3) is 0 Å². The third kappa shape index (κ3) is 4.39. The summed E-state index contributed by atoms with van der Waals surface area (Å²) in [7, 11) is 0. The normalized spacial score (nSPS) is 12.2. The number of carbonyl (C=O) groups excluding carboxylic acids is 1. The average Bonchev–Trinajstić information content (AvgIpc) is 1.88. The molecule has 0 rings (SSSR count). The first-order valence-electron chi connectivity index (χ1n) is 3.10. The van der Waals surface area contributed by atoms with Gasteiger partial charge in [0.2, 0.25) is 0 Å². The molecule has 0 spiro atoms. The number of esters is 1. The summed E-state index contributed by atoms with van der Waals surface area (Å²) in [6.07, 6.45) is 2.36. The molecule has 0 fully saturated rings. The molecule has 0 aliphatic rings. The van der Waals surface area contributed by atoms with E-state index in [4.69, 9.17) is 16.3 Å². The molecule has 0 aromatic heterocycles. The third-order valence-corrected chi connectivity index (χ3v) is 1.07. The largest absolute Gasteiger partial charge is 0.464 e. The maximum Gasteiger partial charge on any atom is 0.323 e. The second-order valence-corrected chi connectivity index (χ2v) is 2.52. The highest BCUT2D eigenvalue weighted by molar-refractivity contribution is 6.29. The molecule has 0 radical (unpaired) electrons. The second-order valence-electron chi connectivity index (χ2n) is 1.86. The third-order valence-electron chi connectivity index (χ3n) is 0.891. The van der Waals surface area contributed by atoms with Crippen LogP contribution in [0.15, 0.2) is 12.7 Å². The number of carbonyl (C=O) groups is 1. The van der Waals surface area contributed by atoms with E-state index in [1.807, 2.05) is 0 Å². The maximum absolute atomic E-state index is 10.6. The lowest BCUT2D eigenvalue weighted by molar-refractivity contribution is -0.142. The van der Waals surface area contributed by atoms with Crippen LogP contribution in [0.1, 0.15) is 13.3 Å². The van der Waals surface area contributed by atoms with Gasteiger partial charge in [0.05, 0.1) is 6.61 Å². The van der Waals surface area contributed by atoms with E-state index in [1.54, 1.807) is 13.0 Å². The lowest BCUT2D eigenvalue weighted by Crippen LogP contribution is -2.14. The van der Waals surface area contributed by atoms with Crippen molar-refractivity contribution in [2.45, 2.75) is 18.7 Å². The summed E-state index contributed by atoms with van der Waals surface area (Å²) in [6, 6.07) is 0. The minimum Gasteiger partial charge on any atom is -0.464 e. The molecule has 0 amide bonds.